The highest BCUT2D eigenvalue weighted by Crippen LogP contribution is 2.33. The van der Waals surface area contributed by atoms with Crippen molar-refractivity contribution in [3.63, 3.8) is 0 Å². The first-order valence-electron chi connectivity index (χ1n) is 13.9. The number of hydrogen-bond acceptors (Lipinski definition) is 16. The Kier molecular flexibility index (Phi) is 11.6. The number of para-hydroxylation sites is 1. The second-order valence-corrected chi connectivity index (χ2v) is 10.4. The van der Waals surface area contributed by atoms with Crippen LogP contribution in [0.3, 0.4) is 0 Å². The fourth-order valence-electron chi connectivity index (χ4n) is 4.86. The molecule has 0 saturated carbocycles. The van der Waals surface area contributed by atoms with Crippen molar-refractivity contribution in [1.82, 2.24) is 0 Å². The van der Waals surface area contributed by atoms with Gasteiger partial charge in [0.1, 0.15) is 42.7 Å². The highest BCUT2D eigenvalue weighted by molar-refractivity contribution is 5.87. The van der Waals surface area contributed by atoms with Crippen LogP contribution in [0.2, 0.25) is 0 Å². The summed E-state index contributed by atoms with van der Waals surface area (Å²) in [5, 5.41) is 101. The largest absolute Gasteiger partial charge is 0.504 e. The average molecular weight is 641 g/mol. The van der Waals surface area contributed by atoms with Crippen molar-refractivity contribution in [2.24, 2.45) is 0 Å². The number of hydrogen-bond donors (Lipinski definition) is 10. The number of rotatable bonds is 11. The molecule has 10 atom stereocenters. The van der Waals surface area contributed by atoms with Gasteiger partial charge in [0.25, 0.3) is 0 Å². The van der Waals surface area contributed by atoms with Crippen LogP contribution in [0, 0.1) is 0 Å². The molecule has 2 saturated heterocycles. The van der Waals surface area contributed by atoms with Gasteiger partial charge in [-0.1, -0.05) is 18.2 Å². The highest BCUT2D eigenvalue weighted by Gasteiger charge is 2.52. The standard InChI is InChI=1S/C29H36O16/c30-11-18-22(37)23(38)24(39)29(42-18)45-27-25(40)28(41-9-8-14-2-1-3-16(33)21(14)36)43-19(12-31)26(27)44-20(35)7-5-13-4-6-15(32)17(34)10-13/h1-7,10,18-19,22-34,36-40H,8-9,11-12H2/b7-5+/t18-,19-,22+,23-,24-,25-,26-,27+,28-,29+/m1/s1. The zero-order valence-corrected chi connectivity index (χ0v) is 23.6. The Bertz CT molecular complexity index is 1320. The maximum atomic E-state index is 12.8. The van der Waals surface area contributed by atoms with Gasteiger partial charge in [-0.05, 0) is 36.3 Å². The van der Waals surface area contributed by atoms with Crippen LogP contribution in [-0.4, -0.2) is 138 Å². The first kappa shape index (κ1) is 34.3. The Balaban J connectivity index is 1.54. The molecule has 2 aliphatic rings. The molecule has 0 bridgehead atoms. The third-order valence-corrected chi connectivity index (χ3v) is 7.35. The second-order valence-electron chi connectivity index (χ2n) is 10.4. The molecule has 2 aromatic carbocycles. The molecule has 45 heavy (non-hydrogen) atoms. The number of ether oxygens (including phenoxy) is 5. The molecule has 2 fully saturated rings. The van der Waals surface area contributed by atoms with Crippen LogP contribution in [0.25, 0.3) is 6.08 Å². The lowest BCUT2D eigenvalue weighted by atomic mass is 9.96. The minimum Gasteiger partial charge on any atom is -0.504 e. The second kappa shape index (κ2) is 15.2. The Hall–Kier alpha value is -3.55. The van der Waals surface area contributed by atoms with E-state index in [0.29, 0.717) is 11.1 Å². The number of carbonyl (C=O) groups excluding carboxylic acids is 1. The van der Waals surface area contributed by atoms with E-state index in [1.807, 2.05) is 0 Å². The maximum Gasteiger partial charge on any atom is 0.331 e. The van der Waals surface area contributed by atoms with Gasteiger partial charge in [-0.3, -0.25) is 0 Å². The van der Waals surface area contributed by atoms with Crippen LogP contribution in [0.4, 0.5) is 0 Å². The van der Waals surface area contributed by atoms with Gasteiger partial charge < -0.3 is 74.7 Å². The Morgan fingerprint density at radius 3 is 2.18 bits per heavy atom. The van der Waals surface area contributed by atoms with Gasteiger partial charge in [-0.15, -0.1) is 0 Å². The summed E-state index contributed by atoms with van der Waals surface area (Å²) in [6.07, 6.45) is -14.3. The molecular weight excluding hydrogens is 604 g/mol. The molecular formula is C29H36O16. The number of aliphatic hydroxyl groups is 6. The predicted molar refractivity (Wildman–Crippen MR) is 149 cm³/mol. The van der Waals surface area contributed by atoms with E-state index in [9.17, 15) is 55.9 Å². The zero-order chi connectivity index (χ0) is 32.8. The van der Waals surface area contributed by atoms with Crippen molar-refractivity contribution in [2.75, 3.05) is 19.8 Å². The summed E-state index contributed by atoms with van der Waals surface area (Å²) in [6.45, 7) is -1.75. The van der Waals surface area contributed by atoms with Crippen molar-refractivity contribution in [3.8, 4) is 23.0 Å². The van der Waals surface area contributed by atoms with Gasteiger partial charge in [0.05, 0.1) is 19.8 Å². The number of benzene rings is 2. The molecule has 0 spiro atoms. The summed E-state index contributed by atoms with van der Waals surface area (Å²) in [7, 11) is 0. The number of aliphatic hydroxyl groups excluding tert-OH is 6. The van der Waals surface area contributed by atoms with Gasteiger partial charge in [-0.2, -0.15) is 0 Å². The van der Waals surface area contributed by atoms with Crippen molar-refractivity contribution in [2.45, 2.75) is 67.8 Å². The SMILES string of the molecule is O=C(/C=C/c1ccc(O)c(O)c1)O[C@H]1[C@@H](O[C@@H]2O[C@H](CO)[C@H](O)[C@@H](O)[C@H]2O)[C@@H](O)[C@H](OCCc2cccc(O)c2O)O[C@@H]1CO. The van der Waals surface area contributed by atoms with Crippen molar-refractivity contribution in [1.29, 1.82) is 0 Å². The van der Waals surface area contributed by atoms with Gasteiger partial charge in [-0.25, -0.2) is 4.79 Å². The zero-order valence-electron chi connectivity index (χ0n) is 23.6. The van der Waals surface area contributed by atoms with Crippen molar-refractivity contribution < 1.29 is 79.5 Å². The number of phenols is 4. The number of carbonyl (C=O) groups is 1. The van der Waals surface area contributed by atoms with E-state index < -0.39 is 86.3 Å². The van der Waals surface area contributed by atoms with E-state index in [1.165, 1.54) is 42.5 Å². The number of aromatic hydroxyl groups is 4. The Labute approximate surface area is 256 Å². The van der Waals surface area contributed by atoms with Crippen LogP contribution in [0.1, 0.15) is 11.1 Å². The fraction of sp³-hybridized carbons (Fsp3) is 0.483. The molecule has 0 amide bonds. The summed E-state index contributed by atoms with van der Waals surface area (Å²) >= 11 is 0. The van der Waals surface area contributed by atoms with E-state index in [4.69, 9.17) is 23.7 Å². The predicted octanol–water partition coefficient (Wildman–Crippen LogP) is -2.04. The molecule has 16 heteroatoms. The molecule has 0 unspecified atom stereocenters. The third-order valence-electron chi connectivity index (χ3n) is 7.35. The third kappa shape index (κ3) is 8.00. The van der Waals surface area contributed by atoms with Gasteiger partial charge >= 0.3 is 5.97 Å². The van der Waals surface area contributed by atoms with Crippen molar-refractivity contribution in [3.05, 3.63) is 53.6 Å². The molecule has 0 aromatic heterocycles. The summed E-state index contributed by atoms with van der Waals surface area (Å²) in [5.74, 6) is -2.56. The van der Waals surface area contributed by atoms with E-state index in [1.54, 1.807) is 0 Å². The fourth-order valence-corrected chi connectivity index (χ4v) is 4.86. The molecule has 2 heterocycles. The van der Waals surface area contributed by atoms with Crippen LogP contribution in [0.15, 0.2) is 42.5 Å². The highest BCUT2D eigenvalue weighted by atomic mass is 16.7. The van der Waals surface area contributed by atoms with Gasteiger partial charge in [0.15, 0.2) is 41.7 Å². The van der Waals surface area contributed by atoms with E-state index in [2.05, 4.69) is 0 Å². The Morgan fingerprint density at radius 1 is 0.778 bits per heavy atom. The molecule has 0 radical (unpaired) electrons. The lowest BCUT2D eigenvalue weighted by Crippen LogP contribution is -2.65. The van der Waals surface area contributed by atoms with E-state index in [0.717, 1.165) is 6.08 Å². The first-order valence-corrected chi connectivity index (χ1v) is 13.9. The molecule has 2 aromatic rings. The average Bonchev–Trinajstić information content (AvgIpc) is 3.02. The molecule has 4 rings (SSSR count). The van der Waals surface area contributed by atoms with Crippen LogP contribution in [-0.2, 0) is 34.9 Å². The minimum atomic E-state index is -1.89. The van der Waals surface area contributed by atoms with E-state index in [-0.39, 0.29) is 30.3 Å². The summed E-state index contributed by atoms with van der Waals surface area (Å²) < 4.78 is 27.9. The number of esters is 1. The maximum absolute atomic E-state index is 12.8. The quantitative estimate of drug-likeness (QED) is 0.0720. The van der Waals surface area contributed by atoms with Gasteiger partial charge in [0.2, 0.25) is 0 Å². The monoisotopic (exact) mass is 640 g/mol. The first-order chi connectivity index (χ1) is 21.4. The lowest BCUT2D eigenvalue weighted by Gasteiger charge is -2.46. The summed E-state index contributed by atoms with van der Waals surface area (Å²) in [4.78, 5) is 12.8. The summed E-state index contributed by atoms with van der Waals surface area (Å²) in [6, 6.07) is 8.07. The topological polar surface area (TPSA) is 266 Å². The van der Waals surface area contributed by atoms with Crippen LogP contribution >= 0.6 is 0 Å². The van der Waals surface area contributed by atoms with E-state index >= 15 is 0 Å². The minimum absolute atomic E-state index is 0.0465. The van der Waals surface area contributed by atoms with Gasteiger partial charge in [0, 0.05) is 11.6 Å². The molecule has 10 N–H and O–H groups in total. The molecule has 0 aliphatic carbocycles. The molecule has 2 aliphatic heterocycles. The summed E-state index contributed by atoms with van der Waals surface area (Å²) in [5.41, 5.74) is 0.620. The Morgan fingerprint density at radius 2 is 1.49 bits per heavy atom. The van der Waals surface area contributed by atoms with Crippen molar-refractivity contribution >= 4 is 12.0 Å². The van der Waals surface area contributed by atoms with Crippen LogP contribution < -0.4 is 0 Å². The smallest absolute Gasteiger partial charge is 0.331 e. The molecule has 248 valence electrons. The van der Waals surface area contributed by atoms with Crippen LogP contribution in [0.5, 0.6) is 23.0 Å². The number of phenolic OH excluding ortho intramolecular Hbond substituents is 4. The molecule has 16 nitrogen and oxygen atoms in total. The normalized spacial score (nSPS) is 32.0. The lowest BCUT2D eigenvalue weighted by molar-refractivity contribution is -0.360.